The molecule has 0 aromatic carbocycles. The lowest BCUT2D eigenvalue weighted by molar-refractivity contribution is 0.0779. The van der Waals surface area contributed by atoms with E-state index in [1.807, 2.05) is 11.3 Å². The SMILES string of the molecule is Cc1ccc(CN2CC[C@H]3CO[C@H](CNS(C)(=O)=O)[C@H]3C2)s1. The van der Waals surface area contributed by atoms with Crippen LogP contribution in [-0.4, -0.2) is 51.9 Å². The van der Waals surface area contributed by atoms with Crippen molar-refractivity contribution in [2.24, 2.45) is 11.8 Å². The Morgan fingerprint density at radius 1 is 1.45 bits per heavy atom. The summed E-state index contributed by atoms with van der Waals surface area (Å²) in [6.07, 6.45) is 2.35. The molecule has 2 saturated heterocycles. The molecular formula is C15H24N2O3S2. The van der Waals surface area contributed by atoms with Crippen molar-refractivity contribution in [2.75, 3.05) is 32.5 Å². The van der Waals surface area contributed by atoms with E-state index >= 15 is 0 Å². The largest absolute Gasteiger partial charge is 0.376 e. The number of piperidine rings is 1. The minimum absolute atomic E-state index is 0.00703. The second-order valence-corrected chi connectivity index (χ2v) is 9.66. The van der Waals surface area contributed by atoms with Gasteiger partial charge < -0.3 is 4.74 Å². The predicted molar refractivity (Wildman–Crippen MR) is 88.5 cm³/mol. The normalized spacial score (nSPS) is 29.6. The second-order valence-electron chi connectivity index (χ2n) is 6.45. The van der Waals surface area contributed by atoms with Crippen LogP contribution in [-0.2, 0) is 21.3 Å². The molecule has 0 aliphatic carbocycles. The highest BCUT2D eigenvalue weighted by Gasteiger charge is 2.40. The Hall–Kier alpha value is -0.470. The molecule has 124 valence electrons. The van der Waals surface area contributed by atoms with Crippen molar-refractivity contribution in [1.29, 1.82) is 0 Å². The van der Waals surface area contributed by atoms with Gasteiger partial charge in [-0.1, -0.05) is 0 Å². The quantitative estimate of drug-likeness (QED) is 0.878. The molecule has 1 aromatic rings. The van der Waals surface area contributed by atoms with Gasteiger partial charge in [0.05, 0.1) is 19.0 Å². The first kappa shape index (κ1) is 16.4. The fraction of sp³-hybridized carbons (Fsp3) is 0.733. The van der Waals surface area contributed by atoms with Crippen molar-refractivity contribution in [3.8, 4) is 0 Å². The number of aryl methyl sites for hydroxylation is 1. The summed E-state index contributed by atoms with van der Waals surface area (Å²) in [6.45, 7) is 6.40. The zero-order valence-electron chi connectivity index (χ0n) is 13.1. The van der Waals surface area contributed by atoms with Gasteiger partial charge in [0.15, 0.2) is 0 Å². The predicted octanol–water partition coefficient (Wildman–Crippen LogP) is 1.44. The molecule has 1 aromatic heterocycles. The summed E-state index contributed by atoms with van der Waals surface area (Å²) >= 11 is 1.86. The van der Waals surface area contributed by atoms with Crippen LogP contribution in [0.15, 0.2) is 12.1 Å². The number of fused-ring (bicyclic) bond motifs is 1. The molecule has 5 nitrogen and oxygen atoms in total. The summed E-state index contributed by atoms with van der Waals surface area (Å²) in [6, 6.07) is 4.38. The van der Waals surface area contributed by atoms with Gasteiger partial charge in [0.25, 0.3) is 0 Å². The highest BCUT2D eigenvalue weighted by molar-refractivity contribution is 7.88. The number of hydrogen-bond donors (Lipinski definition) is 1. The van der Waals surface area contributed by atoms with E-state index in [4.69, 9.17) is 4.74 Å². The van der Waals surface area contributed by atoms with Crippen LogP contribution in [0, 0.1) is 18.8 Å². The van der Waals surface area contributed by atoms with Crippen LogP contribution in [0.5, 0.6) is 0 Å². The van der Waals surface area contributed by atoms with Crippen LogP contribution in [0.2, 0.25) is 0 Å². The van der Waals surface area contributed by atoms with Gasteiger partial charge in [0, 0.05) is 35.3 Å². The number of hydrogen-bond acceptors (Lipinski definition) is 5. The highest BCUT2D eigenvalue weighted by atomic mass is 32.2. The molecule has 2 aliphatic heterocycles. The fourth-order valence-corrected chi connectivity index (χ4v) is 4.88. The maximum atomic E-state index is 11.3. The Kier molecular flexibility index (Phi) is 4.89. The third-order valence-corrected chi connectivity index (χ3v) is 6.29. The van der Waals surface area contributed by atoms with Gasteiger partial charge in [-0.05, 0) is 37.9 Å². The third kappa shape index (κ3) is 4.08. The molecule has 0 spiro atoms. The maximum absolute atomic E-state index is 11.3. The lowest BCUT2D eigenvalue weighted by Crippen LogP contribution is -2.44. The number of nitrogens with zero attached hydrogens (tertiary/aromatic N) is 1. The summed E-state index contributed by atoms with van der Waals surface area (Å²) in [7, 11) is -3.15. The van der Waals surface area contributed by atoms with Crippen molar-refractivity contribution in [2.45, 2.75) is 26.0 Å². The minimum Gasteiger partial charge on any atom is -0.376 e. The van der Waals surface area contributed by atoms with E-state index in [0.29, 0.717) is 18.4 Å². The van der Waals surface area contributed by atoms with Crippen molar-refractivity contribution in [3.05, 3.63) is 21.9 Å². The Morgan fingerprint density at radius 2 is 2.27 bits per heavy atom. The van der Waals surface area contributed by atoms with Crippen LogP contribution in [0.1, 0.15) is 16.2 Å². The molecule has 2 aliphatic rings. The van der Waals surface area contributed by atoms with Crippen molar-refractivity contribution >= 4 is 21.4 Å². The number of thiophene rings is 1. The molecule has 0 saturated carbocycles. The Morgan fingerprint density at radius 3 is 2.95 bits per heavy atom. The van der Waals surface area contributed by atoms with E-state index in [0.717, 1.165) is 32.7 Å². The summed E-state index contributed by atoms with van der Waals surface area (Å²) in [5.41, 5.74) is 0. The smallest absolute Gasteiger partial charge is 0.208 e. The molecule has 0 amide bonds. The second kappa shape index (κ2) is 6.57. The van der Waals surface area contributed by atoms with Crippen molar-refractivity contribution in [3.63, 3.8) is 0 Å². The average Bonchev–Trinajstić information content (AvgIpc) is 3.02. The molecule has 2 fully saturated rings. The standard InChI is InChI=1S/C15H24N2O3S2/c1-11-3-4-13(21-11)8-17-6-5-12-10-20-15(14(12)9-17)7-16-22(2,18)19/h3-4,12,14-16H,5-10H2,1-2H3/t12-,14-,15+/m0/s1. The van der Waals surface area contributed by atoms with E-state index in [-0.39, 0.29) is 6.10 Å². The van der Waals surface area contributed by atoms with E-state index in [9.17, 15) is 8.42 Å². The summed E-state index contributed by atoms with van der Waals surface area (Å²) < 4.78 is 31.0. The van der Waals surface area contributed by atoms with Crippen molar-refractivity contribution < 1.29 is 13.2 Å². The average molecular weight is 345 g/mol. The van der Waals surface area contributed by atoms with Gasteiger partial charge in [-0.25, -0.2) is 13.1 Å². The number of rotatable bonds is 5. The Labute approximate surface area is 136 Å². The first-order chi connectivity index (χ1) is 10.4. The molecule has 22 heavy (non-hydrogen) atoms. The zero-order valence-corrected chi connectivity index (χ0v) is 14.8. The van der Waals surface area contributed by atoms with Crippen LogP contribution < -0.4 is 4.72 Å². The molecule has 3 rings (SSSR count). The van der Waals surface area contributed by atoms with Crippen molar-refractivity contribution in [1.82, 2.24) is 9.62 Å². The van der Waals surface area contributed by atoms with Crippen LogP contribution in [0.4, 0.5) is 0 Å². The number of likely N-dealkylation sites (tertiary alicyclic amines) is 1. The number of nitrogens with one attached hydrogen (secondary N) is 1. The highest BCUT2D eigenvalue weighted by Crippen LogP contribution is 2.34. The maximum Gasteiger partial charge on any atom is 0.208 e. The molecule has 0 bridgehead atoms. The van der Waals surface area contributed by atoms with E-state index in [1.54, 1.807) is 0 Å². The molecule has 7 heteroatoms. The first-order valence-electron chi connectivity index (χ1n) is 7.74. The Bertz CT molecular complexity index is 614. The zero-order chi connectivity index (χ0) is 15.7. The Balaban J connectivity index is 1.58. The lowest BCUT2D eigenvalue weighted by atomic mass is 9.84. The van der Waals surface area contributed by atoms with Gasteiger partial charge in [-0.2, -0.15) is 0 Å². The summed E-state index contributed by atoms with van der Waals surface area (Å²) in [4.78, 5) is 5.24. The van der Waals surface area contributed by atoms with Gasteiger partial charge in [0.1, 0.15) is 0 Å². The number of sulfonamides is 1. The molecule has 3 atom stereocenters. The van der Waals surface area contributed by atoms with Crippen LogP contribution in [0.25, 0.3) is 0 Å². The number of ether oxygens (including phenoxy) is 1. The lowest BCUT2D eigenvalue weighted by Gasteiger charge is -2.35. The van der Waals surface area contributed by atoms with Gasteiger partial charge in [-0.15, -0.1) is 11.3 Å². The first-order valence-corrected chi connectivity index (χ1v) is 10.5. The molecule has 1 N–H and O–H groups in total. The van der Waals surface area contributed by atoms with Gasteiger partial charge in [-0.3, -0.25) is 4.90 Å². The molecule has 0 radical (unpaired) electrons. The topological polar surface area (TPSA) is 58.6 Å². The van der Waals surface area contributed by atoms with Crippen LogP contribution >= 0.6 is 11.3 Å². The molecule has 0 unspecified atom stereocenters. The third-order valence-electron chi connectivity index (χ3n) is 4.61. The molecule has 3 heterocycles. The molecular weight excluding hydrogens is 320 g/mol. The van der Waals surface area contributed by atoms with Gasteiger partial charge >= 0.3 is 0 Å². The monoisotopic (exact) mass is 344 g/mol. The summed E-state index contributed by atoms with van der Waals surface area (Å²) in [5, 5.41) is 0. The summed E-state index contributed by atoms with van der Waals surface area (Å²) in [5.74, 6) is 1.01. The van der Waals surface area contributed by atoms with Crippen LogP contribution in [0.3, 0.4) is 0 Å². The van der Waals surface area contributed by atoms with E-state index in [2.05, 4.69) is 28.7 Å². The van der Waals surface area contributed by atoms with E-state index < -0.39 is 10.0 Å². The van der Waals surface area contributed by atoms with Gasteiger partial charge in [0.2, 0.25) is 10.0 Å². The fourth-order valence-electron chi connectivity index (χ4n) is 3.48. The minimum atomic E-state index is -3.15. The van der Waals surface area contributed by atoms with E-state index in [1.165, 1.54) is 16.0 Å².